The molecule has 2 bridgehead atoms. The van der Waals surface area contributed by atoms with Gasteiger partial charge in [0, 0.05) is 79.1 Å². The molecule has 15 heteroatoms. The molecule has 9 saturated heterocycles. The fourth-order valence-corrected chi connectivity index (χ4v) is 13.7. The lowest BCUT2D eigenvalue weighted by atomic mass is 9.83. The van der Waals surface area contributed by atoms with Crippen LogP contribution in [-0.4, -0.2) is 156 Å². The normalized spacial score (nSPS) is 39.7. The molecule has 79 heavy (non-hydrogen) atoms. The molecule has 0 saturated carbocycles. The van der Waals surface area contributed by atoms with Gasteiger partial charge in [-0.2, -0.15) is 0 Å². The topological polar surface area (TPSA) is 141 Å². The van der Waals surface area contributed by atoms with E-state index < -0.39 is 11.2 Å². The van der Waals surface area contributed by atoms with E-state index in [1.165, 1.54) is 6.42 Å². The average Bonchev–Trinajstić information content (AvgIpc) is 4.22. The Morgan fingerprint density at radius 1 is 0.506 bits per heavy atom. The van der Waals surface area contributed by atoms with Crippen molar-refractivity contribution in [1.82, 2.24) is 0 Å². The summed E-state index contributed by atoms with van der Waals surface area (Å²) in [6, 6.07) is 0.0886. The maximum atomic E-state index is 9.78. The van der Waals surface area contributed by atoms with Crippen molar-refractivity contribution in [1.29, 1.82) is 0 Å². The molecule has 2 N–H and O–H groups in total. The fraction of sp³-hybridized carbons (Fsp3) is 0.906. The predicted octanol–water partition coefficient (Wildman–Crippen LogP) is 13.6. The van der Waals surface area contributed by atoms with Gasteiger partial charge in [-0.3, -0.25) is 0 Å². The van der Waals surface area contributed by atoms with Gasteiger partial charge in [-0.25, -0.2) is 26.3 Å². The summed E-state index contributed by atoms with van der Waals surface area (Å²) in [4.78, 5) is 14.2. The summed E-state index contributed by atoms with van der Waals surface area (Å²) in [5, 5.41) is 19.5. The fourth-order valence-electron chi connectivity index (χ4n) is 13.7. The quantitative estimate of drug-likeness (QED) is 0.113. The number of aliphatic hydroxyl groups is 2. The molecule has 15 nitrogen and oxygen atoms in total. The zero-order valence-corrected chi connectivity index (χ0v) is 47.3. The molecule has 9 heterocycles. The Balaban J connectivity index is 0.000000354. The largest absolute Gasteiger partial charge is 0.393 e. The van der Waals surface area contributed by atoms with Gasteiger partial charge in [0.05, 0.1) is 105 Å². The van der Waals surface area contributed by atoms with Crippen LogP contribution in [0.15, 0.2) is 12.2 Å². The van der Waals surface area contributed by atoms with Crippen molar-refractivity contribution in [2.75, 3.05) is 19.8 Å². The van der Waals surface area contributed by atoms with E-state index in [4.69, 9.17) is 68.9 Å². The van der Waals surface area contributed by atoms with E-state index in [2.05, 4.69) is 47.1 Å². The van der Waals surface area contributed by atoms with Gasteiger partial charge in [-0.05, 0) is 84.5 Å². The van der Waals surface area contributed by atoms with Crippen molar-refractivity contribution in [2.24, 2.45) is 0 Å². The lowest BCUT2D eigenvalue weighted by Gasteiger charge is -2.43. The minimum Gasteiger partial charge on any atom is -0.393 e. The van der Waals surface area contributed by atoms with E-state index in [-0.39, 0.29) is 152 Å². The van der Waals surface area contributed by atoms with Crippen LogP contribution >= 0.6 is 0 Å². The van der Waals surface area contributed by atoms with Crippen molar-refractivity contribution >= 4 is 0 Å². The number of nitrogens with zero attached hydrogens (tertiary/aromatic N) is 4. The van der Waals surface area contributed by atoms with E-state index in [1.54, 1.807) is 0 Å². The van der Waals surface area contributed by atoms with Crippen LogP contribution in [0.4, 0.5) is 0 Å². The van der Waals surface area contributed by atoms with E-state index >= 15 is 0 Å². The molecule has 9 fully saturated rings. The molecule has 1 spiro atoms. The van der Waals surface area contributed by atoms with Gasteiger partial charge >= 0.3 is 0 Å². The molecule has 0 aromatic carbocycles. The van der Waals surface area contributed by atoms with Gasteiger partial charge < -0.3 is 72.2 Å². The standard InChI is InChI=1S/C16H27NO2.C15H25NO3.C15H23NO3.C14H21NO3.4CH4/c1-5-7-14-11-16(6-2)15(18-14)9-8-13(19-16)10-12(3)17-4;2*1-4-5-13-9-15(10-17)14(18-13)7-6-12(19-15)8-11(2)16-3;1-9(15-3)6-11-4-5-13-14(18-11)7-12(17-13)10(2)16-8-14;;;;/h12-15H,5-11H2,1-3H3;11-14,17H,4-10H2,1-2H3;4-5,11-14,17H,6-10H2,1-2H3;9-13H,4-8H2,1-2H3;4*1H4/b;;5-4+;;;;;/t12-,13-,14+,15+,16+;2*11-,12-,13+,14+,15-;9-,10+,11-,12-,13+,14-;;;;/m1111..../s1. The summed E-state index contributed by atoms with van der Waals surface area (Å²) in [6.07, 6.45) is 26.2. The Bertz CT molecular complexity index is 1900. The molecule has 0 unspecified atom stereocenters. The third kappa shape index (κ3) is 18.1. The van der Waals surface area contributed by atoms with E-state index in [9.17, 15) is 10.2 Å². The molecule has 9 rings (SSSR count). The van der Waals surface area contributed by atoms with E-state index in [1.807, 2.05) is 46.8 Å². The second kappa shape index (κ2) is 33.5. The highest BCUT2D eigenvalue weighted by molar-refractivity contribution is 5.08. The molecule has 0 aromatic rings. The van der Waals surface area contributed by atoms with Crippen molar-refractivity contribution in [3.63, 3.8) is 0 Å². The Morgan fingerprint density at radius 2 is 0.899 bits per heavy atom. The van der Waals surface area contributed by atoms with Gasteiger partial charge in [0.1, 0.15) is 16.8 Å². The van der Waals surface area contributed by atoms with Crippen LogP contribution in [-0.2, 0) is 42.6 Å². The maximum absolute atomic E-state index is 9.78. The molecule has 21 atom stereocenters. The molecule has 9 aliphatic heterocycles. The van der Waals surface area contributed by atoms with Crippen molar-refractivity contribution < 1.29 is 52.8 Å². The van der Waals surface area contributed by atoms with Gasteiger partial charge in [-0.1, -0.05) is 75.5 Å². The first-order valence-electron chi connectivity index (χ1n) is 29.3. The first-order chi connectivity index (χ1) is 36.0. The van der Waals surface area contributed by atoms with Crippen LogP contribution in [0.25, 0.3) is 19.4 Å². The summed E-state index contributed by atoms with van der Waals surface area (Å²) in [5.41, 5.74) is -1.36. The molecule has 454 valence electrons. The lowest BCUT2D eigenvalue weighted by Crippen LogP contribution is -2.53. The third-order valence-electron chi connectivity index (χ3n) is 17.8. The number of hydrogen-bond acceptors (Lipinski definition) is 11. The van der Waals surface area contributed by atoms with Gasteiger partial charge in [0.2, 0.25) is 24.2 Å². The van der Waals surface area contributed by atoms with Crippen LogP contribution in [0.2, 0.25) is 0 Å². The minimum absolute atomic E-state index is 0. The van der Waals surface area contributed by atoms with Crippen molar-refractivity contribution in [2.45, 2.75) is 353 Å². The third-order valence-corrected chi connectivity index (χ3v) is 17.8. The second-order valence-electron chi connectivity index (χ2n) is 23.8. The number of rotatable bonds is 16. The molecular formula is C64H112N4O11. The smallest absolute Gasteiger partial charge is 0.223 e. The Morgan fingerprint density at radius 3 is 1.32 bits per heavy atom. The number of fused-ring (bicyclic) bond motifs is 4. The van der Waals surface area contributed by atoms with Crippen LogP contribution < -0.4 is 0 Å². The van der Waals surface area contributed by atoms with Gasteiger partial charge in [0.25, 0.3) is 0 Å². The number of ether oxygens (including phenoxy) is 9. The van der Waals surface area contributed by atoms with E-state index in [0.29, 0.717) is 19.1 Å². The summed E-state index contributed by atoms with van der Waals surface area (Å²) >= 11 is 0. The molecule has 0 aromatic heterocycles. The van der Waals surface area contributed by atoms with Gasteiger partial charge in [-0.15, -0.1) is 0 Å². The SMILES string of the molecule is C.C.C.C.[C-]#[N+][C@H](C)C[C@H]1CC[C@@H]2O[C@@H](/C=C/C)C[C@]2(CO)O1.[C-]#[N+][C@H](C)C[C@H]1CC[C@@H]2O[C@@H](CCC)C[C@]2(CC)O1.[C-]#[N+][C@H](C)C[C@H]1CC[C@@H]2O[C@@H](CCC)C[C@]2(CO)O1.[C-]#[N+][C@H](C)C[C@H]1CC[C@@H]2O[C@@H]3C[C@]2(CO[C@H]3C)O1. The summed E-state index contributed by atoms with van der Waals surface area (Å²) in [5.74, 6) is 0. The summed E-state index contributed by atoms with van der Waals surface area (Å²) < 4.78 is 55.1. The van der Waals surface area contributed by atoms with Crippen LogP contribution in [0.3, 0.4) is 0 Å². The monoisotopic (exact) mass is 1110 g/mol. The second-order valence-corrected chi connectivity index (χ2v) is 23.8. The molecule has 0 radical (unpaired) electrons. The summed E-state index contributed by atoms with van der Waals surface area (Å²) in [6.45, 7) is 47.4. The van der Waals surface area contributed by atoms with Crippen molar-refractivity contribution in [3.05, 3.63) is 57.8 Å². The minimum atomic E-state index is -0.561. The highest BCUT2D eigenvalue weighted by Crippen LogP contribution is 2.49. The first kappa shape index (κ1) is 72.4. The maximum Gasteiger partial charge on any atom is 0.223 e. The lowest BCUT2D eigenvalue weighted by molar-refractivity contribution is -0.190. The Labute approximate surface area is 481 Å². The van der Waals surface area contributed by atoms with Crippen LogP contribution in [0.5, 0.6) is 0 Å². The Hall–Kier alpha value is -2.74. The average molecular weight is 1110 g/mol. The highest BCUT2D eigenvalue weighted by Gasteiger charge is 2.58. The highest BCUT2D eigenvalue weighted by atomic mass is 16.6. The zero-order chi connectivity index (χ0) is 54.4. The molecular weight excluding hydrogens is 1000 g/mol. The number of hydrogen-bond donors (Lipinski definition) is 2. The number of allylic oxidation sites excluding steroid dienone is 1. The molecule has 9 aliphatic rings. The van der Waals surface area contributed by atoms with E-state index in [0.717, 1.165) is 122 Å². The summed E-state index contributed by atoms with van der Waals surface area (Å²) in [7, 11) is 0. The van der Waals surface area contributed by atoms with Gasteiger partial charge in [0.15, 0.2) is 0 Å². The zero-order valence-electron chi connectivity index (χ0n) is 47.3. The predicted molar refractivity (Wildman–Crippen MR) is 315 cm³/mol. The van der Waals surface area contributed by atoms with Crippen LogP contribution in [0, 0.1) is 26.3 Å². The molecule has 0 amide bonds. The van der Waals surface area contributed by atoms with Crippen molar-refractivity contribution in [3.8, 4) is 0 Å². The first-order valence-corrected chi connectivity index (χ1v) is 29.3. The molecule has 0 aliphatic carbocycles. The van der Waals surface area contributed by atoms with Crippen LogP contribution in [0.1, 0.15) is 227 Å². The Kier molecular flexibility index (Phi) is 30.7. The number of aliphatic hydroxyl groups excluding tert-OH is 2.